The van der Waals surface area contributed by atoms with E-state index in [-0.39, 0.29) is 72.9 Å². The molecule has 0 atom stereocenters. The van der Waals surface area contributed by atoms with Gasteiger partial charge in [0.25, 0.3) is 20.0 Å². The number of anilines is 2. The molecule has 64 heavy (non-hydrogen) atoms. The number of pyridine rings is 2. The van der Waals surface area contributed by atoms with E-state index in [0.29, 0.717) is 43.8 Å². The molecule has 1 N–H and O–H groups in total. The summed E-state index contributed by atoms with van der Waals surface area (Å²) >= 11 is 24.3. The van der Waals surface area contributed by atoms with Crippen LogP contribution in [0.25, 0.3) is 0 Å². The maximum absolute atomic E-state index is 13.6. The van der Waals surface area contributed by atoms with Gasteiger partial charge in [0, 0.05) is 29.5 Å². The number of halogens is 5. The molecule has 0 amide bonds. The molecule has 0 aliphatic rings. The lowest BCUT2D eigenvalue weighted by Crippen LogP contribution is -2.34. The molecule has 6 rings (SSSR count). The molecule has 0 aliphatic heterocycles. The van der Waals surface area contributed by atoms with Gasteiger partial charge in [0.15, 0.2) is 0 Å². The molecule has 13 nitrogen and oxygen atoms in total. The standard InChI is InChI=1S/C23H22Cl2N2O5S.C21H18Cl2N2O4S.ClH/c1-14-6-5-7-20(32-4)21(14)23(28)22-19(11-16(24)12-26-22)27(13-31-3)33(29,30)17-8-9-18(25)15(2)10-17;1-12-5-4-6-18(29-3)19(12)21(26)20-17(10-14(22)11-24-20)25-30(27,28)15-7-8-16(23)13(2)9-15;/h5-12H,13H2,1-4H3;4-11,25H,1-3H3;1H. The van der Waals surface area contributed by atoms with Crippen molar-refractivity contribution in [3.05, 3.63) is 162 Å². The van der Waals surface area contributed by atoms with Gasteiger partial charge in [-0.3, -0.25) is 14.3 Å². The Morgan fingerprint density at radius 1 is 0.625 bits per heavy atom. The first-order valence-electron chi connectivity index (χ1n) is 18.5. The fourth-order valence-electron chi connectivity index (χ4n) is 6.21. The summed E-state index contributed by atoms with van der Waals surface area (Å²) in [6, 6.07) is 21.7. The van der Waals surface area contributed by atoms with Crippen molar-refractivity contribution in [3.63, 3.8) is 0 Å². The number of methoxy groups -OCH3 is 3. The number of hydrogen-bond acceptors (Lipinski definition) is 11. The van der Waals surface area contributed by atoms with Crippen LogP contribution in [-0.4, -0.2) is 66.4 Å². The van der Waals surface area contributed by atoms with Gasteiger partial charge in [0.05, 0.1) is 56.6 Å². The summed E-state index contributed by atoms with van der Waals surface area (Å²) in [4.78, 5) is 35.1. The Labute approximate surface area is 398 Å². The average molecular weight is 1010 g/mol. The lowest BCUT2D eigenvalue weighted by Gasteiger charge is -2.25. The van der Waals surface area contributed by atoms with Gasteiger partial charge in [0.1, 0.15) is 29.6 Å². The minimum absolute atomic E-state index is 0. The lowest BCUT2D eigenvalue weighted by molar-refractivity contribution is 0.102. The Bertz CT molecular complexity index is 2960. The zero-order chi connectivity index (χ0) is 46.4. The van der Waals surface area contributed by atoms with Crippen LogP contribution in [0.4, 0.5) is 11.4 Å². The van der Waals surface area contributed by atoms with E-state index in [1.807, 2.05) is 0 Å². The van der Waals surface area contributed by atoms with Gasteiger partial charge in [-0.1, -0.05) is 70.7 Å². The molecule has 2 heterocycles. The van der Waals surface area contributed by atoms with Crippen molar-refractivity contribution in [2.24, 2.45) is 0 Å². The maximum atomic E-state index is 13.6. The van der Waals surface area contributed by atoms with Crippen LogP contribution in [0.15, 0.2) is 107 Å². The van der Waals surface area contributed by atoms with Crippen LogP contribution in [0.1, 0.15) is 54.4 Å². The predicted octanol–water partition coefficient (Wildman–Crippen LogP) is 10.5. The summed E-state index contributed by atoms with van der Waals surface area (Å²) in [5.41, 5.74) is 2.79. The summed E-state index contributed by atoms with van der Waals surface area (Å²) in [7, 11) is -3.94. The number of ether oxygens (including phenoxy) is 3. The quantitative estimate of drug-likeness (QED) is 0.0813. The normalized spacial score (nSPS) is 11.1. The third-order valence-electron chi connectivity index (χ3n) is 9.40. The van der Waals surface area contributed by atoms with Crippen molar-refractivity contribution < 1.29 is 40.6 Å². The highest BCUT2D eigenvalue weighted by atomic mass is 35.5. The number of aryl methyl sites for hydroxylation is 4. The van der Waals surface area contributed by atoms with E-state index in [1.165, 1.54) is 82.3 Å². The smallest absolute Gasteiger partial charge is 0.266 e. The monoisotopic (exact) mass is 1010 g/mol. The number of ketones is 2. The molecule has 0 saturated carbocycles. The number of carbonyl (C=O) groups is 2. The van der Waals surface area contributed by atoms with Crippen LogP contribution < -0.4 is 18.5 Å². The second-order valence-corrected chi connectivity index (χ2v) is 19.0. The topological polar surface area (TPSA) is 171 Å². The first kappa shape index (κ1) is 51.7. The van der Waals surface area contributed by atoms with E-state index in [4.69, 9.17) is 60.6 Å². The van der Waals surface area contributed by atoms with E-state index in [2.05, 4.69) is 14.7 Å². The van der Waals surface area contributed by atoms with Crippen molar-refractivity contribution in [1.29, 1.82) is 0 Å². The largest absolute Gasteiger partial charge is 0.496 e. The minimum Gasteiger partial charge on any atom is -0.496 e. The number of rotatable bonds is 14. The van der Waals surface area contributed by atoms with Crippen LogP contribution in [-0.2, 0) is 24.8 Å². The molecule has 0 fully saturated rings. The Morgan fingerprint density at radius 2 is 1.09 bits per heavy atom. The Morgan fingerprint density at radius 3 is 1.59 bits per heavy atom. The van der Waals surface area contributed by atoms with Crippen LogP contribution in [0.2, 0.25) is 20.1 Å². The molecule has 0 radical (unpaired) electrons. The molecule has 6 aromatic rings. The number of aromatic nitrogens is 2. The highest BCUT2D eigenvalue weighted by Gasteiger charge is 2.32. The van der Waals surface area contributed by atoms with Crippen molar-refractivity contribution in [2.75, 3.05) is 37.1 Å². The molecule has 0 saturated heterocycles. The molecule has 20 heteroatoms. The highest BCUT2D eigenvalue weighted by Crippen LogP contribution is 2.34. The van der Waals surface area contributed by atoms with E-state index in [9.17, 15) is 26.4 Å². The molecule has 2 aromatic heterocycles. The minimum atomic E-state index is -4.17. The fraction of sp³-hybridized carbons (Fsp3) is 0.182. The number of hydrogen-bond donors (Lipinski definition) is 1. The fourth-order valence-corrected chi connectivity index (χ4v) is 9.36. The van der Waals surface area contributed by atoms with E-state index in [0.717, 1.165) is 4.31 Å². The van der Waals surface area contributed by atoms with Crippen molar-refractivity contribution in [2.45, 2.75) is 37.5 Å². The van der Waals surface area contributed by atoms with Crippen LogP contribution >= 0.6 is 58.8 Å². The molecular formula is C44H41Cl5N4O9S2. The van der Waals surface area contributed by atoms with Gasteiger partial charge in [0.2, 0.25) is 11.6 Å². The van der Waals surface area contributed by atoms with Crippen LogP contribution in [0.5, 0.6) is 11.5 Å². The van der Waals surface area contributed by atoms with Crippen LogP contribution in [0, 0.1) is 27.7 Å². The van der Waals surface area contributed by atoms with Gasteiger partial charge in [-0.05, 0) is 111 Å². The molecular weight excluding hydrogens is 970 g/mol. The molecule has 0 bridgehead atoms. The van der Waals surface area contributed by atoms with Gasteiger partial charge < -0.3 is 14.2 Å². The van der Waals surface area contributed by atoms with Crippen molar-refractivity contribution in [1.82, 2.24) is 9.97 Å². The Kier molecular flexibility index (Phi) is 17.6. The van der Waals surface area contributed by atoms with Gasteiger partial charge in [-0.2, -0.15) is 0 Å². The molecule has 0 spiro atoms. The second kappa shape index (κ2) is 21.8. The maximum Gasteiger partial charge on any atom is 0.266 e. The first-order valence-corrected chi connectivity index (χ1v) is 22.9. The molecule has 338 valence electrons. The number of benzene rings is 4. The molecule has 0 unspecified atom stereocenters. The number of nitrogens with one attached hydrogen (secondary N) is 1. The first-order chi connectivity index (χ1) is 29.7. The number of sulfonamides is 2. The average Bonchev–Trinajstić information content (AvgIpc) is 3.24. The number of carbonyl (C=O) groups excluding carboxylic acids is 2. The third-order valence-corrected chi connectivity index (χ3v) is 13.8. The SMILES string of the molecule is COCN(c1cc(Cl)cnc1C(=O)c1c(C)cccc1OC)S(=O)(=O)c1ccc(Cl)c(C)c1.COc1cccc(C)c1C(=O)c1ncc(Cl)cc1NS(=O)(=O)c1ccc(Cl)c(C)c1.Cl. The summed E-state index contributed by atoms with van der Waals surface area (Å²) in [6.07, 6.45) is 2.57. The Balaban J connectivity index is 0.000000277. The van der Waals surface area contributed by atoms with Gasteiger partial charge in [-0.15, -0.1) is 12.4 Å². The molecule has 0 aliphatic carbocycles. The lowest BCUT2D eigenvalue weighted by atomic mass is 10.00. The molecule has 4 aromatic carbocycles. The van der Waals surface area contributed by atoms with Gasteiger partial charge in [-0.25, -0.2) is 31.1 Å². The number of nitrogens with zero attached hydrogens (tertiary/aromatic N) is 3. The van der Waals surface area contributed by atoms with E-state index in [1.54, 1.807) is 64.1 Å². The predicted molar refractivity (Wildman–Crippen MR) is 253 cm³/mol. The van der Waals surface area contributed by atoms with Crippen molar-refractivity contribution >= 4 is 102 Å². The highest BCUT2D eigenvalue weighted by molar-refractivity contribution is 7.93. The van der Waals surface area contributed by atoms with E-state index < -0.39 is 31.6 Å². The second-order valence-electron chi connectivity index (χ2n) is 13.7. The van der Waals surface area contributed by atoms with Crippen LogP contribution in [0.3, 0.4) is 0 Å². The third kappa shape index (κ3) is 11.5. The van der Waals surface area contributed by atoms with E-state index >= 15 is 0 Å². The summed E-state index contributed by atoms with van der Waals surface area (Å²) < 4.78 is 72.2. The summed E-state index contributed by atoms with van der Waals surface area (Å²) in [6.45, 7) is 6.53. The zero-order valence-electron chi connectivity index (χ0n) is 35.2. The summed E-state index contributed by atoms with van der Waals surface area (Å²) in [5.74, 6) is -0.303. The van der Waals surface area contributed by atoms with Gasteiger partial charge >= 0.3 is 0 Å². The zero-order valence-corrected chi connectivity index (χ0v) is 40.7. The summed E-state index contributed by atoms with van der Waals surface area (Å²) in [5, 5.41) is 1.20. The van der Waals surface area contributed by atoms with Crippen molar-refractivity contribution in [3.8, 4) is 11.5 Å². The Hall–Kier alpha value is -4.97.